The van der Waals surface area contributed by atoms with Crippen molar-refractivity contribution >= 4 is 17.6 Å². The Morgan fingerprint density at radius 3 is 2.60 bits per heavy atom. The summed E-state index contributed by atoms with van der Waals surface area (Å²) >= 11 is 5.95. The van der Waals surface area contributed by atoms with Gasteiger partial charge in [0.15, 0.2) is 5.96 Å². The molecule has 15 heavy (non-hydrogen) atoms. The van der Waals surface area contributed by atoms with Crippen LogP contribution in [-0.4, -0.2) is 17.6 Å². The molecule has 0 saturated heterocycles. The first-order valence-corrected chi connectivity index (χ1v) is 4.84. The Bertz CT molecular complexity index is 373. The summed E-state index contributed by atoms with van der Waals surface area (Å²) in [6, 6.07) is 7.04. The van der Waals surface area contributed by atoms with Crippen LogP contribution in [0.2, 0.25) is 5.02 Å². The highest BCUT2D eigenvalue weighted by Crippen LogP contribution is 2.27. The summed E-state index contributed by atoms with van der Waals surface area (Å²) in [5, 5.41) is 10.6. The second-order valence-electron chi connectivity index (χ2n) is 3.49. The van der Waals surface area contributed by atoms with E-state index in [1.54, 1.807) is 31.2 Å². The zero-order chi connectivity index (χ0) is 11.5. The number of halogens is 1. The molecule has 0 spiro atoms. The fourth-order valence-corrected chi connectivity index (χ4v) is 1.57. The summed E-state index contributed by atoms with van der Waals surface area (Å²) in [5.74, 6) is -0.0534. The van der Waals surface area contributed by atoms with Crippen LogP contribution in [0.25, 0.3) is 0 Å². The van der Waals surface area contributed by atoms with Gasteiger partial charge in [0.25, 0.3) is 0 Å². The minimum absolute atomic E-state index is 0.0534. The molecule has 1 rings (SSSR count). The third-order valence-electron chi connectivity index (χ3n) is 2.02. The Balaban J connectivity index is 2.95. The largest absolute Gasteiger partial charge is 0.383 e. The lowest BCUT2D eigenvalue weighted by Gasteiger charge is -2.22. The zero-order valence-corrected chi connectivity index (χ0v) is 9.20. The SMILES string of the molecule is CC(O)(CN=C(N)N)c1ccccc1Cl. The molecule has 1 aromatic rings. The topological polar surface area (TPSA) is 84.6 Å². The molecule has 0 heterocycles. The fraction of sp³-hybridized carbons (Fsp3) is 0.300. The molecular weight excluding hydrogens is 214 g/mol. The first kappa shape index (κ1) is 11.8. The highest BCUT2D eigenvalue weighted by molar-refractivity contribution is 6.31. The van der Waals surface area contributed by atoms with E-state index in [-0.39, 0.29) is 12.5 Å². The van der Waals surface area contributed by atoms with Crippen LogP contribution in [0.4, 0.5) is 0 Å². The Morgan fingerprint density at radius 2 is 2.07 bits per heavy atom. The first-order chi connectivity index (χ1) is 6.93. The molecule has 1 unspecified atom stereocenters. The van der Waals surface area contributed by atoms with Crippen LogP contribution >= 0.6 is 11.6 Å². The zero-order valence-electron chi connectivity index (χ0n) is 8.44. The van der Waals surface area contributed by atoms with Crippen molar-refractivity contribution in [1.82, 2.24) is 0 Å². The van der Waals surface area contributed by atoms with Gasteiger partial charge in [0.05, 0.1) is 6.54 Å². The smallest absolute Gasteiger partial charge is 0.186 e. The number of nitrogens with zero attached hydrogens (tertiary/aromatic N) is 1. The molecule has 5 heteroatoms. The van der Waals surface area contributed by atoms with Crippen molar-refractivity contribution < 1.29 is 5.11 Å². The molecule has 0 aliphatic heterocycles. The maximum absolute atomic E-state index is 10.1. The predicted molar refractivity (Wildman–Crippen MR) is 61.7 cm³/mol. The van der Waals surface area contributed by atoms with Gasteiger partial charge in [-0.1, -0.05) is 29.8 Å². The van der Waals surface area contributed by atoms with Crippen LogP contribution in [0.5, 0.6) is 0 Å². The van der Waals surface area contributed by atoms with Crippen molar-refractivity contribution in [2.24, 2.45) is 16.5 Å². The molecule has 5 N–H and O–H groups in total. The average molecular weight is 228 g/mol. The summed E-state index contributed by atoms with van der Waals surface area (Å²) < 4.78 is 0. The summed E-state index contributed by atoms with van der Waals surface area (Å²) in [5.41, 5.74) is 9.84. The van der Waals surface area contributed by atoms with Crippen LogP contribution in [0, 0.1) is 0 Å². The first-order valence-electron chi connectivity index (χ1n) is 4.46. The van der Waals surface area contributed by atoms with E-state index in [4.69, 9.17) is 23.1 Å². The maximum Gasteiger partial charge on any atom is 0.186 e. The van der Waals surface area contributed by atoms with Gasteiger partial charge >= 0.3 is 0 Å². The molecule has 4 nitrogen and oxygen atoms in total. The lowest BCUT2D eigenvalue weighted by Crippen LogP contribution is -2.30. The van der Waals surface area contributed by atoms with E-state index in [0.717, 1.165) is 0 Å². The molecule has 0 bridgehead atoms. The average Bonchev–Trinajstić information content (AvgIpc) is 2.15. The highest BCUT2D eigenvalue weighted by atomic mass is 35.5. The van der Waals surface area contributed by atoms with Crippen LogP contribution < -0.4 is 11.5 Å². The van der Waals surface area contributed by atoms with Crippen molar-refractivity contribution in [1.29, 1.82) is 0 Å². The molecule has 1 atom stereocenters. The second kappa shape index (κ2) is 4.51. The van der Waals surface area contributed by atoms with Crippen LogP contribution in [0.1, 0.15) is 12.5 Å². The molecule has 82 valence electrons. The third kappa shape index (κ3) is 3.11. The molecular formula is C10H14ClN3O. The maximum atomic E-state index is 10.1. The van der Waals surface area contributed by atoms with Crippen molar-refractivity contribution in [3.05, 3.63) is 34.9 Å². The Kier molecular flexibility index (Phi) is 3.55. The molecule has 1 aromatic carbocycles. The fourth-order valence-electron chi connectivity index (χ4n) is 1.23. The number of aliphatic hydroxyl groups is 1. The monoisotopic (exact) mass is 227 g/mol. The summed E-state index contributed by atoms with van der Waals surface area (Å²) in [6.07, 6.45) is 0. The van der Waals surface area contributed by atoms with Crippen molar-refractivity contribution in [3.8, 4) is 0 Å². The molecule has 0 saturated carbocycles. The van der Waals surface area contributed by atoms with Gasteiger partial charge < -0.3 is 16.6 Å². The van der Waals surface area contributed by atoms with Gasteiger partial charge in [0.1, 0.15) is 5.60 Å². The second-order valence-corrected chi connectivity index (χ2v) is 3.90. The van der Waals surface area contributed by atoms with Gasteiger partial charge in [-0.05, 0) is 13.0 Å². The van der Waals surface area contributed by atoms with E-state index >= 15 is 0 Å². The normalized spacial score (nSPS) is 14.3. The van der Waals surface area contributed by atoms with E-state index in [9.17, 15) is 5.11 Å². The quantitative estimate of drug-likeness (QED) is 0.528. The number of benzene rings is 1. The van der Waals surface area contributed by atoms with Crippen LogP contribution in [0.15, 0.2) is 29.3 Å². The van der Waals surface area contributed by atoms with Gasteiger partial charge in [-0.15, -0.1) is 0 Å². The van der Waals surface area contributed by atoms with E-state index in [1.165, 1.54) is 0 Å². The van der Waals surface area contributed by atoms with Crippen molar-refractivity contribution in [3.63, 3.8) is 0 Å². The number of aliphatic imine (C=N–C) groups is 1. The Hall–Kier alpha value is -1.26. The van der Waals surface area contributed by atoms with Gasteiger partial charge in [0.2, 0.25) is 0 Å². The summed E-state index contributed by atoms with van der Waals surface area (Å²) in [6.45, 7) is 1.69. The lowest BCUT2D eigenvalue weighted by atomic mass is 9.96. The van der Waals surface area contributed by atoms with E-state index in [2.05, 4.69) is 4.99 Å². The van der Waals surface area contributed by atoms with Crippen molar-refractivity contribution in [2.75, 3.05) is 6.54 Å². The van der Waals surface area contributed by atoms with Crippen LogP contribution in [0.3, 0.4) is 0 Å². The highest BCUT2D eigenvalue weighted by Gasteiger charge is 2.24. The predicted octanol–water partition coefficient (Wildman–Crippen LogP) is 0.821. The minimum Gasteiger partial charge on any atom is -0.383 e. The Labute approximate surface area is 93.6 Å². The number of nitrogens with two attached hydrogens (primary N) is 2. The van der Waals surface area contributed by atoms with Gasteiger partial charge in [-0.3, -0.25) is 4.99 Å². The summed E-state index contributed by atoms with van der Waals surface area (Å²) in [4.78, 5) is 3.78. The molecule has 0 amide bonds. The number of guanidine groups is 1. The van der Waals surface area contributed by atoms with Gasteiger partial charge in [0, 0.05) is 10.6 Å². The lowest BCUT2D eigenvalue weighted by molar-refractivity contribution is 0.0675. The summed E-state index contributed by atoms with van der Waals surface area (Å²) in [7, 11) is 0. The van der Waals surface area contributed by atoms with Gasteiger partial charge in [-0.25, -0.2) is 0 Å². The number of hydrogen-bond acceptors (Lipinski definition) is 2. The number of hydrogen-bond donors (Lipinski definition) is 3. The standard InChI is InChI=1S/C10H14ClN3O/c1-10(15,6-14-9(12)13)7-4-2-3-5-8(7)11/h2-5,15H,6H2,1H3,(H4,12,13,14). The molecule has 0 aromatic heterocycles. The van der Waals surface area contributed by atoms with E-state index in [0.29, 0.717) is 10.6 Å². The molecule has 0 aliphatic carbocycles. The molecule has 0 radical (unpaired) electrons. The van der Waals surface area contributed by atoms with Crippen LogP contribution in [-0.2, 0) is 5.60 Å². The molecule has 0 fully saturated rings. The van der Waals surface area contributed by atoms with Gasteiger partial charge in [-0.2, -0.15) is 0 Å². The minimum atomic E-state index is -1.16. The van der Waals surface area contributed by atoms with E-state index in [1.807, 2.05) is 0 Å². The number of rotatable bonds is 3. The van der Waals surface area contributed by atoms with E-state index < -0.39 is 5.60 Å². The third-order valence-corrected chi connectivity index (χ3v) is 2.35. The molecule has 0 aliphatic rings. The van der Waals surface area contributed by atoms with Crippen molar-refractivity contribution in [2.45, 2.75) is 12.5 Å². The Morgan fingerprint density at radius 1 is 1.47 bits per heavy atom.